The average molecular weight is 651 g/mol. The van der Waals surface area contributed by atoms with Gasteiger partial charge in [-0.3, -0.25) is 14.4 Å². The van der Waals surface area contributed by atoms with Crippen molar-refractivity contribution in [2.24, 2.45) is 0 Å². The molecule has 0 bridgehead atoms. The van der Waals surface area contributed by atoms with E-state index in [0.29, 0.717) is 39.0 Å². The van der Waals surface area contributed by atoms with Crippen molar-refractivity contribution in [2.45, 2.75) is 17.1 Å². The first-order valence-corrected chi connectivity index (χ1v) is 15.0. The largest absolute Gasteiger partial charge is 0.493 e. The molecule has 0 aliphatic heterocycles. The minimum absolute atomic E-state index is 0.00572. The first-order chi connectivity index (χ1) is 21.2. The van der Waals surface area contributed by atoms with E-state index >= 15 is 0 Å². The van der Waals surface area contributed by atoms with Gasteiger partial charge < -0.3 is 25.4 Å². The number of methoxy groups -OCH3 is 2. The Hall–Kier alpha value is -4.44. The highest BCUT2D eigenvalue weighted by atomic mass is 35.5. The highest BCUT2D eigenvalue weighted by Crippen LogP contribution is 2.33. The molecule has 44 heavy (non-hydrogen) atoms. The lowest BCUT2D eigenvalue weighted by molar-refractivity contribution is -0.115. The van der Waals surface area contributed by atoms with Crippen molar-refractivity contribution in [3.63, 3.8) is 0 Å². The smallest absolute Gasteiger partial charge is 0.272 e. The van der Waals surface area contributed by atoms with Crippen molar-refractivity contribution in [1.82, 2.24) is 5.32 Å². The fourth-order valence-corrected chi connectivity index (χ4v) is 5.25. The molecule has 1 atom stereocenters. The summed E-state index contributed by atoms with van der Waals surface area (Å²) in [5, 5.41) is 8.50. The van der Waals surface area contributed by atoms with Crippen LogP contribution >= 0.6 is 35.0 Å². The minimum Gasteiger partial charge on any atom is -0.493 e. The van der Waals surface area contributed by atoms with E-state index < -0.39 is 17.1 Å². The van der Waals surface area contributed by atoms with Crippen molar-refractivity contribution in [3.8, 4) is 11.5 Å². The maximum absolute atomic E-state index is 13.5. The molecule has 0 radical (unpaired) electrons. The number of carbonyl (C=O) groups excluding carboxylic acids is 3. The zero-order valence-corrected chi connectivity index (χ0v) is 26.3. The Morgan fingerprint density at radius 1 is 0.818 bits per heavy atom. The SMILES string of the molecule is COc1cccc(/C=C(\NC(=O)c2ccccc2)C(=O)Nc2ccc(SC(C)C(=O)Nc3cccc(Cl)c3Cl)cc2)c1OC. The first kappa shape index (κ1) is 32.5. The summed E-state index contributed by atoms with van der Waals surface area (Å²) < 4.78 is 10.9. The van der Waals surface area contributed by atoms with Crippen molar-refractivity contribution in [2.75, 3.05) is 24.9 Å². The highest BCUT2D eigenvalue weighted by Gasteiger charge is 2.19. The molecule has 4 aromatic rings. The third kappa shape index (κ3) is 8.35. The van der Waals surface area contributed by atoms with Crippen LogP contribution in [0.25, 0.3) is 6.08 Å². The van der Waals surface area contributed by atoms with Gasteiger partial charge in [-0.15, -0.1) is 11.8 Å². The van der Waals surface area contributed by atoms with Crippen LogP contribution < -0.4 is 25.4 Å². The van der Waals surface area contributed by atoms with Crippen molar-refractivity contribution >= 4 is 70.1 Å². The standard InChI is InChI=1S/C33H29Cl2N3O5S/c1-20(31(39)37-26-13-8-12-25(34)29(26)35)44-24-17-15-23(16-18-24)36-33(41)27(38-32(40)21-9-5-4-6-10-21)19-22-11-7-14-28(42-2)30(22)43-3/h4-20H,1-3H3,(H,36,41)(H,37,39)(H,38,40)/b27-19-. The van der Waals surface area contributed by atoms with Crippen LogP contribution in [0.3, 0.4) is 0 Å². The summed E-state index contributed by atoms with van der Waals surface area (Å²) in [6, 6.07) is 25.8. The molecule has 0 aliphatic rings. The summed E-state index contributed by atoms with van der Waals surface area (Å²) in [6.45, 7) is 1.77. The summed E-state index contributed by atoms with van der Waals surface area (Å²) in [7, 11) is 3.01. The molecule has 3 amide bonds. The predicted molar refractivity (Wildman–Crippen MR) is 177 cm³/mol. The van der Waals surface area contributed by atoms with Gasteiger partial charge in [-0.25, -0.2) is 0 Å². The minimum atomic E-state index is -0.550. The van der Waals surface area contributed by atoms with Crippen LogP contribution in [-0.4, -0.2) is 37.2 Å². The van der Waals surface area contributed by atoms with Crippen LogP contribution in [0.15, 0.2) is 102 Å². The molecule has 0 saturated heterocycles. The molecule has 0 aromatic heterocycles. The number of hydrogen-bond acceptors (Lipinski definition) is 6. The number of ether oxygens (including phenoxy) is 2. The molecule has 11 heteroatoms. The Balaban J connectivity index is 1.49. The maximum atomic E-state index is 13.5. The zero-order valence-electron chi connectivity index (χ0n) is 24.0. The maximum Gasteiger partial charge on any atom is 0.272 e. The summed E-state index contributed by atoms with van der Waals surface area (Å²) >= 11 is 13.6. The van der Waals surface area contributed by atoms with Gasteiger partial charge in [0.15, 0.2) is 11.5 Å². The molecular formula is C33H29Cl2N3O5S. The Labute approximate surface area is 269 Å². The van der Waals surface area contributed by atoms with Crippen molar-refractivity contribution < 1.29 is 23.9 Å². The van der Waals surface area contributed by atoms with Gasteiger partial charge in [0, 0.05) is 21.7 Å². The molecule has 3 N–H and O–H groups in total. The van der Waals surface area contributed by atoms with E-state index in [9.17, 15) is 14.4 Å². The highest BCUT2D eigenvalue weighted by molar-refractivity contribution is 8.00. The van der Waals surface area contributed by atoms with E-state index in [2.05, 4.69) is 16.0 Å². The van der Waals surface area contributed by atoms with Crippen molar-refractivity contribution in [1.29, 1.82) is 0 Å². The Morgan fingerprint density at radius 3 is 2.20 bits per heavy atom. The third-order valence-electron chi connectivity index (χ3n) is 6.27. The molecule has 0 heterocycles. The summed E-state index contributed by atoms with van der Waals surface area (Å²) in [5.74, 6) is -0.362. The number of carbonyl (C=O) groups is 3. The quantitative estimate of drug-likeness (QED) is 0.114. The average Bonchev–Trinajstić information content (AvgIpc) is 3.03. The van der Waals surface area contributed by atoms with E-state index in [4.69, 9.17) is 32.7 Å². The van der Waals surface area contributed by atoms with Gasteiger partial charge in [0.1, 0.15) is 5.70 Å². The monoisotopic (exact) mass is 649 g/mol. The van der Waals surface area contributed by atoms with Gasteiger partial charge in [0.05, 0.1) is 35.2 Å². The molecule has 0 aliphatic carbocycles. The van der Waals surface area contributed by atoms with Gasteiger partial charge in [0.25, 0.3) is 11.8 Å². The second kappa shape index (κ2) is 15.3. The van der Waals surface area contributed by atoms with Crippen LogP contribution in [0.2, 0.25) is 10.0 Å². The number of halogens is 2. The van der Waals surface area contributed by atoms with Gasteiger partial charge in [-0.1, -0.05) is 59.6 Å². The lowest BCUT2D eigenvalue weighted by atomic mass is 10.1. The predicted octanol–water partition coefficient (Wildman–Crippen LogP) is 7.54. The van der Waals surface area contributed by atoms with Crippen molar-refractivity contribution in [3.05, 3.63) is 118 Å². The topological polar surface area (TPSA) is 106 Å². The second-order valence-corrected chi connectivity index (χ2v) is 11.5. The Kier molecular flexibility index (Phi) is 11.3. The zero-order chi connectivity index (χ0) is 31.6. The molecule has 0 saturated carbocycles. The first-order valence-electron chi connectivity index (χ1n) is 13.3. The molecule has 226 valence electrons. The lowest BCUT2D eigenvalue weighted by Crippen LogP contribution is -2.30. The number of benzene rings is 4. The summed E-state index contributed by atoms with van der Waals surface area (Å²) in [4.78, 5) is 40.0. The van der Waals surface area contributed by atoms with Gasteiger partial charge in [0.2, 0.25) is 5.91 Å². The number of para-hydroxylation sites is 1. The lowest BCUT2D eigenvalue weighted by Gasteiger charge is -2.15. The van der Waals surface area contributed by atoms with E-state index in [1.165, 1.54) is 32.1 Å². The number of rotatable bonds is 11. The third-order valence-corrected chi connectivity index (χ3v) is 8.20. The van der Waals surface area contributed by atoms with E-state index in [1.54, 1.807) is 97.9 Å². The van der Waals surface area contributed by atoms with E-state index in [1.807, 2.05) is 0 Å². The summed E-state index contributed by atoms with van der Waals surface area (Å²) in [5.41, 5.74) is 1.84. The fourth-order valence-electron chi connectivity index (χ4n) is 4.03. The Bertz CT molecular complexity index is 1680. The van der Waals surface area contributed by atoms with Gasteiger partial charge >= 0.3 is 0 Å². The molecule has 4 aromatic carbocycles. The molecule has 4 rings (SSSR count). The summed E-state index contributed by atoms with van der Waals surface area (Å²) in [6.07, 6.45) is 1.52. The number of thioether (sulfide) groups is 1. The normalized spacial score (nSPS) is 11.7. The second-order valence-electron chi connectivity index (χ2n) is 9.29. The molecular weight excluding hydrogens is 621 g/mol. The molecule has 8 nitrogen and oxygen atoms in total. The number of anilines is 2. The Morgan fingerprint density at radius 2 is 1.52 bits per heavy atom. The van der Waals surface area contributed by atoms with Crippen LogP contribution in [0.1, 0.15) is 22.8 Å². The number of hydrogen-bond donors (Lipinski definition) is 3. The van der Waals surface area contributed by atoms with Gasteiger partial charge in [-0.2, -0.15) is 0 Å². The van der Waals surface area contributed by atoms with Gasteiger partial charge in [-0.05, 0) is 67.6 Å². The van der Waals surface area contributed by atoms with E-state index in [-0.39, 0.29) is 16.6 Å². The molecule has 0 spiro atoms. The fraction of sp³-hybridized carbons (Fsp3) is 0.121. The molecule has 1 unspecified atom stereocenters. The molecule has 0 fully saturated rings. The number of nitrogens with one attached hydrogen (secondary N) is 3. The van der Waals surface area contributed by atoms with Crippen LogP contribution in [0.4, 0.5) is 11.4 Å². The van der Waals surface area contributed by atoms with Crippen LogP contribution in [0, 0.1) is 0 Å². The van der Waals surface area contributed by atoms with Crippen LogP contribution in [-0.2, 0) is 9.59 Å². The van der Waals surface area contributed by atoms with E-state index in [0.717, 1.165) is 4.90 Å². The number of amides is 3. The van der Waals surface area contributed by atoms with Crippen LogP contribution in [0.5, 0.6) is 11.5 Å².